The van der Waals surface area contributed by atoms with Crippen LogP contribution in [0.4, 0.5) is 34.6 Å². The number of hydrogen-bond donors (Lipinski definition) is 2. The van der Waals surface area contributed by atoms with E-state index < -0.39 is 23.5 Å². The Hall–Kier alpha value is -3.14. The Morgan fingerprint density at radius 3 is 2.32 bits per heavy atom. The van der Waals surface area contributed by atoms with E-state index in [0.717, 1.165) is 18.2 Å². The van der Waals surface area contributed by atoms with Crippen molar-refractivity contribution in [2.24, 2.45) is 0 Å². The molecule has 1 heterocycles. The van der Waals surface area contributed by atoms with E-state index in [-0.39, 0.29) is 11.3 Å². The van der Waals surface area contributed by atoms with E-state index in [1.54, 1.807) is 6.92 Å². The molecule has 2 N–H and O–H groups in total. The van der Waals surface area contributed by atoms with Gasteiger partial charge in [0.2, 0.25) is 5.88 Å². The molecular formula is C21H16BrF4N3O2. The van der Waals surface area contributed by atoms with Crippen LogP contribution in [0.5, 0.6) is 5.88 Å². The summed E-state index contributed by atoms with van der Waals surface area (Å²) in [5.74, 6) is -0.940. The summed E-state index contributed by atoms with van der Waals surface area (Å²) in [7, 11) is 1.44. The van der Waals surface area contributed by atoms with E-state index in [2.05, 4.69) is 31.5 Å². The van der Waals surface area contributed by atoms with Crippen molar-refractivity contribution >= 4 is 38.9 Å². The Labute approximate surface area is 183 Å². The van der Waals surface area contributed by atoms with Gasteiger partial charge in [-0.05, 0) is 65.3 Å². The highest BCUT2D eigenvalue weighted by molar-refractivity contribution is 9.10. The average Bonchev–Trinajstić information content (AvgIpc) is 2.70. The molecule has 0 atom stereocenters. The summed E-state index contributed by atoms with van der Waals surface area (Å²) in [6, 6.07) is 9.59. The number of hydrogen-bond acceptors (Lipinski definition) is 4. The van der Waals surface area contributed by atoms with E-state index in [1.165, 1.54) is 37.4 Å². The molecule has 10 heteroatoms. The molecule has 0 radical (unpaired) electrons. The minimum Gasteiger partial charge on any atom is -0.481 e. The number of pyridine rings is 1. The van der Waals surface area contributed by atoms with Gasteiger partial charge >= 0.3 is 6.18 Å². The molecular weight excluding hydrogens is 482 g/mol. The third-order valence-corrected chi connectivity index (χ3v) is 4.97. The molecule has 5 nitrogen and oxygen atoms in total. The lowest BCUT2D eigenvalue weighted by atomic mass is 10.1. The fraction of sp³-hybridized carbons (Fsp3) is 0.143. The molecule has 3 aromatic rings. The van der Waals surface area contributed by atoms with E-state index in [9.17, 15) is 22.4 Å². The fourth-order valence-corrected chi connectivity index (χ4v) is 3.18. The highest BCUT2D eigenvalue weighted by Crippen LogP contribution is 2.34. The molecule has 2 aromatic carbocycles. The third-order valence-electron chi connectivity index (χ3n) is 4.31. The number of nitrogens with one attached hydrogen (secondary N) is 2. The maximum Gasteiger partial charge on any atom is 0.416 e. The largest absolute Gasteiger partial charge is 0.481 e. The van der Waals surface area contributed by atoms with Gasteiger partial charge in [0.05, 0.1) is 41.0 Å². The number of anilines is 3. The number of aromatic nitrogens is 1. The van der Waals surface area contributed by atoms with Crippen molar-refractivity contribution in [3.8, 4) is 5.88 Å². The van der Waals surface area contributed by atoms with E-state index in [1.807, 2.05) is 0 Å². The molecule has 0 aliphatic rings. The number of benzene rings is 2. The summed E-state index contributed by atoms with van der Waals surface area (Å²) in [5.41, 5.74) is -0.00533. The fourth-order valence-electron chi connectivity index (χ4n) is 2.73. The zero-order valence-corrected chi connectivity index (χ0v) is 17.9. The predicted octanol–water partition coefficient (Wildman–Crippen LogP) is 6.31. The van der Waals surface area contributed by atoms with Crippen molar-refractivity contribution in [3.63, 3.8) is 0 Å². The number of carbonyl (C=O) groups is 1. The van der Waals surface area contributed by atoms with Crippen LogP contribution >= 0.6 is 15.9 Å². The Morgan fingerprint density at radius 2 is 1.71 bits per heavy atom. The van der Waals surface area contributed by atoms with Crippen molar-refractivity contribution in [1.29, 1.82) is 0 Å². The predicted molar refractivity (Wildman–Crippen MR) is 112 cm³/mol. The van der Waals surface area contributed by atoms with Crippen LogP contribution in [0.3, 0.4) is 0 Å². The topological polar surface area (TPSA) is 63.2 Å². The van der Waals surface area contributed by atoms with Crippen molar-refractivity contribution < 1.29 is 27.1 Å². The Morgan fingerprint density at radius 1 is 1.03 bits per heavy atom. The Balaban J connectivity index is 2.00. The second kappa shape index (κ2) is 8.93. The second-order valence-corrected chi connectivity index (χ2v) is 7.30. The lowest BCUT2D eigenvalue weighted by Gasteiger charge is -2.16. The number of amides is 1. The smallest absolute Gasteiger partial charge is 0.416 e. The quantitative estimate of drug-likeness (QED) is 0.405. The summed E-state index contributed by atoms with van der Waals surface area (Å²) in [6.07, 6.45) is -4.64. The lowest BCUT2D eigenvalue weighted by Crippen LogP contribution is -2.17. The van der Waals surface area contributed by atoms with E-state index in [4.69, 9.17) is 4.74 Å². The number of aryl methyl sites for hydroxylation is 1. The number of halogens is 5. The molecule has 0 unspecified atom stereocenters. The number of alkyl halides is 3. The average molecular weight is 498 g/mol. The molecule has 162 valence electrons. The summed E-state index contributed by atoms with van der Waals surface area (Å²) < 4.78 is 58.4. The molecule has 0 aliphatic heterocycles. The Bertz CT molecular complexity index is 1140. The second-order valence-electron chi connectivity index (χ2n) is 6.45. The lowest BCUT2D eigenvalue weighted by molar-refractivity contribution is -0.137. The SMILES string of the molecule is COc1ccc(NC(=O)c2cc(C(F)(F)F)ccc2Nc2ccc(F)cc2Br)c(C)n1. The monoisotopic (exact) mass is 497 g/mol. The summed E-state index contributed by atoms with van der Waals surface area (Å²) in [4.78, 5) is 17.0. The third kappa shape index (κ3) is 5.32. The van der Waals surface area contributed by atoms with Crippen molar-refractivity contribution in [3.05, 3.63) is 75.6 Å². The minimum absolute atomic E-state index is 0.108. The Kier molecular flexibility index (Phi) is 6.49. The summed E-state index contributed by atoms with van der Waals surface area (Å²) >= 11 is 3.19. The van der Waals surface area contributed by atoms with Crippen LogP contribution in [0, 0.1) is 12.7 Å². The molecule has 1 aromatic heterocycles. The first-order valence-corrected chi connectivity index (χ1v) is 9.64. The van der Waals surface area contributed by atoms with Gasteiger partial charge in [0.25, 0.3) is 5.91 Å². The summed E-state index contributed by atoms with van der Waals surface area (Å²) in [5, 5.41) is 5.44. The number of rotatable bonds is 5. The number of nitrogens with zero attached hydrogens (tertiary/aromatic N) is 1. The first-order valence-electron chi connectivity index (χ1n) is 8.85. The molecule has 3 rings (SSSR count). The van der Waals surface area contributed by atoms with Crippen LogP contribution in [0.25, 0.3) is 0 Å². The molecule has 31 heavy (non-hydrogen) atoms. The minimum atomic E-state index is -4.64. The van der Waals surface area contributed by atoms with Gasteiger partial charge in [0.1, 0.15) is 5.82 Å². The van der Waals surface area contributed by atoms with Gasteiger partial charge in [-0.3, -0.25) is 4.79 Å². The van der Waals surface area contributed by atoms with Crippen LogP contribution < -0.4 is 15.4 Å². The number of methoxy groups -OCH3 is 1. The first kappa shape index (κ1) is 22.5. The zero-order valence-electron chi connectivity index (χ0n) is 16.3. The maximum absolute atomic E-state index is 13.4. The zero-order chi connectivity index (χ0) is 22.8. The molecule has 0 spiro atoms. The van der Waals surface area contributed by atoms with Crippen LogP contribution in [0.1, 0.15) is 21.6 Å². The van der Waals surface area contributed by atoms with Gasteiger partial charge in [-0.25, -0.2) is 9.37 Å². The van der Waals surface area contributed by atoms with Crippen molar-refractivity contribution in [2.75, 3.05) is 17.7 Å². The van der Waals surface area contributed by atoms with Crippen LogP contribution in [0.15, 0.2) is 53.0 Å². The van der Waals surface area contributed by atoms with Gasteiger partial charge in [-0.1, -0.05) is 0 Å². The van der Waals surface area contributed by atoms with Gasteiger partial charge in [-0.15, -0.1) is 0 Å². The highest BCUT2D eigenvalue weighted by atomic mass is 79.9. The van der Waals surface area contributed by atoms with Crippen molar-refractivity contribution in [1.82, 2.24) is 4.98 Å². The summed E-state index contributed by atoms with van der Waals surface area (Å²) in [6.45, 7) is 1.62. The normalized spacial score (nSPS) is 11.2. The number of ether oxygens (including phenoxy) is 1. The van der Waals surface area contributed by atoms with Gasteiger partial charge in [0, 0.05) is 10.5 Å². The van der Waals surface area contributed by atoms with Crippen molar-refractivity contribution in [2.45, 2.75) is 13.1 Å². The van der Waals surface area contributed by atoms with E-state index >= 15 is 0 Å². The maximum atomic E-state index is 13.4. The molecule has 0 bridgehead atoms. The molecule has 0 aliphatic carbocycles. The van der Waals surface area contributed by atoms with Crippen LogP contribution in [-0.4, -0.2) is 18.0 Å². The first-order chi connectivity index (χ1) is 14.6. The number of carbonyl (C=O) groups excluding carboxylic acids is 1. The van der Waals surface area contributed by atoms with Crippen LogP contribution in [0.2, 0.25) is 0 Å². The van der Waals surface area contributed by atoms with Gasteiger partial charge in [0.15, 0.2) is 0 Å². The molecule has 0 fully saturated rings. The molecule has 0 saturated heterocycles. The molecule has 1 amide bonds. The highest BCUT2D eigenvalue weighted by Gasteiger charge is 2.32. The van der Waals surface area contributed by atoms with Gasteiger partial charge < -0.3 is 15.4 Å². The van der Waals surface area contributed by atoms with Crippen LogP contribution in [-0.2, 0) is 6.18 Å². The standard InChI is InChI=1S/C21H16BrF4N3O2/c1-11-16(7-8-19(27-11)31-2)29-20(30)14-9-12(21(24,25)26)3-5-17(14)28-18-6-4-13(23)10-15(18)22/h3-10,28H,1-2H3,(H,29,30). The van der Waals surface area contributed by atoms with E-state index in [0.29, 0.717) is 27.4 Å². The van der Waals surface area contributed by atoms with Gasteiger partial charge in [-0.2, -0.15) is 13.2 Å². The molecule has 0 saturated carbocycles.